The Labute approximate surface area is 71.8 Å². The summed E-state index contributed by atoms with van der Waals surface area (Å²) in [5.41, 5.74) is 0.761. The highest BCUT2D eigenvalue weighted by Crippen LogP contribution is 2.18. The molecule has 12 heavy (non-hydrogen) atoms. The fraction of sp³-hybridized carbons (Fsp3) is 0.556. The van der Waals surface area contributed by atoms with Crippen LogP contribution < -0.4 is 5.32 Å². The molecule has 0 atom stereocenters. The van der Waals surface area contributed by atoms with E-state index in [2.05, 4.69) is 5.32 Å². The molecule has 0 aliphatic heterocycles. The van der Waals surface area contributed by atoms with Crippen LogP contribution in [0.25, 0.3) is 0 Å². The first-order valence-corrected chi connectivity index (χ1v) is 4.19. The highest BCUT2D eigenvalue weighted by atomic mass is 16.1. The molecule has 3 nitrogen and oxygen atoms in total. The molecule has 0 aromatic heterocycles. The lowest BCUT2D eigenvalue weighted by molar-refractivity contribution is -0.118. The fourth-order valence-electron chi connectivity index (χ4n) is 1.24. The highest BCUT2D eigenvalue weighted by molar-refractivity contribution is 5.96. The van der Waals surface area contributed by atoms with Gasteiger partial charge >= 0.3 is 0 Å². The van der Waals surface area contributed by atoms with Crippen LogP contribution in [0.2, 0.25) is 0 Å². The number of amides is 1. The first kappa shape index (κ1) is 8.97. The molecular weight excluding hydrogens is 154 g/mol. The molecule has 0 spiro atoms. The van der Waals surface area contributed by atoms with Gasteiger partial charge in [-0.25, -0.2) is 0 Å². The molecule has 3 heteroatoms. The van der Waals surface area contributed by atoms with E-state index in [0.29, 0.717) is 6.42 Å². The average molecular weight is 167 g/mol. The van der Waals surface area contributed by atoms with E-state index in [0.717, 1.165) is 24.8 Å². The van der Waals surface area contributed by atoms with Crippen LogP contribution in [-0.2, 0) is 9.59 Å². The summed E-state index contributed by atoms with van der Waals surface area (Å²) < 4.78 is 0. The Morgan fingerprint density at radius 1 is 1.42 bits per heavy atom. The number of nitrogens with one attached hydrogen (secondary N) is 1. The van der Waals surface area contributed by atoms with Crippen LogP contribution in [0.15, 0.2) is 11.8 Å². The third kappa shape index (κ3) is 2.49. The second-order valence-electron chi connectivity index (χ2n) is 3.00. The average Bonchev–Trinajstić information content (AvgIpc) is 2.03. The molecule has 1 aliphatic carbocycles. The summed E-state index contributed by atoms with van der Waals surface area (Å²) in [7, 11) is 0. The number of allylic oxidation sites excluding steroid dienone is 1. The van der Waals surface area contributed by atoms with Crippen LogP contribution in [0.4, 0.5) is 0 Å². The summed E-state index contributed by atoms with van der Waals surface area (Å²) in [6.07, 6.45) is 5.02. The Bertz CT molecular complexity index is 231. The third-order valence-corrected chi connectivity index (χ3v) is 1.91. The first-order valence-electron chi connectivity index (χ1n) is 4.19. The molecule has 1 saturated carbocycles. The van der Waals surface area contributed by atoms with Crippen molar-refractivity contribution in [1.82, 2.24) is 5.32 Å². The maximum Gasteiger partial charge on any atom is 0.220 e. The van der Waals surface area contributed by atoms with Gasteiger partial charge < -0.3 is 5.32 Å². The Morgan fingerprint density at radius 3 is 2.67 bits per heavy atom. The zero-order valence-corrected chi connectivity index (χ0v) is 7.22. The van der Waals surface area contributed by atoms with Gasteiger partial charge in [-0.15, -0.1) is 0 Å². The van der Waals surface area contributed by atoms with Crippen LogP contribution in [0, 0.1) is 0 Å². The van der Waals surface area contributed by atoms with Crippen molar-refractivity contribution in [3.05, 3.63) is 11.8 Å². The van der Waals surface area contributed by atoms with Crippen molar-refractivity contribution in [3.63, 3.8) is 0 Å². The van der Waals surface area contributed by atoms with E-state index in [1.165, 1.54) is 6.92 Å². The van der Waals surface area contributed by atoms with Crippen molar-refractivity contribution in [2.45, 2.75) is 32.6 Å². The highest BCUT2D eigenvalue weighted by Gasteiger charge is 2.14. The van der Waals surface area contributed by atoms with E-state index in [4.69, 9.17) is 0 Å². The zero-order chi connectivity index (χ0) is 8.97. The summed E-state index contributed by atoms with van der Waals surface area (Å²) in [6, 6.07) is 0. The number of carbonyl (C=O) groups is 2. The van der Waals surface area contributed by atoms with Crippen molar-refractivity contribution >= 4 is 11.7 Å². The van der Waals surface area contributed by atoms with Gasteiger partial charge in [0.15, 0.2) is 5.78 Å². The van der Waals surface area contributed by atoms with Crippen LogP contribution in [0.1, 0.15) is 32.6 Å². The molecule has 1 aliphatic rings. The predicted octanol–water partition coefficient (Wildman–Crippen LogP) is 1.15. The first-order chi connectivity index (χ1) is 5.70. The van der Waals surface area contributed by atoms with Gasteiger partial charge in [0.2, 0.25) is 5.91 Å². The van der Waals surface area contributed by atoms with Crippen LogP contribution in [0.3, 0.4) is 0 Å². The summed E-state index contributed by atoms with van der Waals surface area (Å²) >= 11 is 0. The van der Waals surface area contributed by atoms with Gasteiger partial charge in [0.1, 0.15) is 0 Å². The largest absolute Gasteiger partial charge is 0.333 e. The summed E-state index contributed by atoms with van der Waals surface area (Å²) in [4.78, 5) is 21.7. The predicted molar refractivity (Wildman–Crippen MR) is 45.4 cm³/mol. The molecule has 0 heterocycles. The Balaban J connectivity index is 2.53. The molecule has 1 fully saturated rings. The van der Waals surface area contributed by atoms with E-state index in [1.54, 1.807) is 6.20 Å². The van der Waals surface area contributed by atoms with E-state index < -0.39 is 0 Å². The molecule has 0 unspecified atom stereocenters. The van der Waals surface area contributed by atoms with E-state index in [-0.39, 0.29) is 11.7 Å². The molecular formula is C9H13NO2. The van der Waals surface area contributed by atoms with Gasteiger partial charge in [-0.3, -0.25) is 9.59 Å². The Morgan fingerprint density at radius 2 is 2.08 bits per heavy atom. The number of carbonyl (C=O) groups excluding carboxylic acids is 2. The van der Waals surface area contributed by atoms with Gasteiger partial charge in [-0.1, -0.05) is 0 Å². The summed E-state index contributed by atoms with van der Waals surface area (Å²) in [5, 5.41) is 2.52. The van der Waals surface area contributed by atoms with Crippen molar-refractivity contribution < 1.29 is 9.59 Å². The lowest BCUT2D eigenvalue weighted by Crippen LogP contribution is -2.17. The van der Waals surface area contributed by atoms with E-state index in [1.807, 2.05) is 0 Å². The van der Waals surface area contributed by atoms with Gasteiger partial charge in [-0.2, -0.15) is 0 Å². The standard InChI is InChI=1S/C9H13NO2/c1-7(11)10-6-8-4-2-3-5-9(8)12/h6H,2-5H2,1H3,(H,10,11). The number of rotatable bonds is 1. The van der Waals surface area contributed by atoms with Crippen molar-refractivity contribution in [3.8, 4) is 0 Å². The zero-order valence-electron chi connectivity index (χ0n) is 7.22. The number of hydrogen-bond acceptors (Lipinski definition) is 2. The lowest BCUT2D eigenvalue weighted by atomic mass is 9.94. The van der Waals surface area contributed by atoms with Gasteiger partial charge in [-0.05, 0) is 19.3 Å². The van der Waals surface area contributed by atoms with Gasteiger partial charge in [0.05, 0.1) is 0 Å². The Kier molecular flexibility index (Phi) is 3.02. The van der Waals surface area contributed by atoms with Crippen molar-refractivity contribution in [2.24, 2.45) is 0 Å². The Hall–Kier alpha value is -1.12. The van der Waals surface area contributed by atoms with Crippen molar-refractivity contribution in [1.29, 1.82) is 0 Å². The summed E-state index contributed by atoms with van der Waals surface area (Å²) in [5.74, 6) is 0.0517. The minimum Gasteiger partial charge on any atom is -0.333 e. The lowest BCUT2D eigenvalue weighted by Gasteiger charge is -2.11. The molecule has 0 radical (unpaired) electrons. The van der Waals surface area contributed by atoms with Crippen LogP contribution in [-0.4, -0.2) is 11.7 Å². The number of hydrogen-bond donors (Lipinski definition) is 1. The SMILES string of the molecule is CC(=O)NC=C1CCCCC1=O. The number of ketones is 1. The second kappa shape index (κ2) is 4.04. The molecule has 0 bridgehead atoms. The topological polar surface area (TPSA) is 46.2 Å². The second-order valence-corrected chi connectivity index (χ2v) is 3.00. The third-order valence-electron chi connectivity index (χ3n) is 1.91. The summed E-state index contributed by atoms with van der Waals surface area (Å²) in [6.45, 7) is 1.43. The quantitative estimate of drug-likeness (QED) is 0.595. The van der Waals surface area contributed by atoms with Crippen LogP contribution >= 0.6 is 0 Å². The van der Waals surface area contributed by atoms with Gasteiger partial charge in [0, 0.05) is 25.1 Å². The fourth-order valence-corrected chi connectivity index (χ4v) is 1.24. The molecule has 1 amide bonds. The molecule has 1 N–H and O–H groups in total. The molecule has 0 saturated heterocycles. The maximum absolute atomic E-state index is 11.2. The minimum absolute atomic E-state index is 0.124. The van der Waals surface area contributed by atoms with Crippen molar-refractivity contribution in [2.75, 3.05) is 0 Å². The smallest absolute Gasteiger partial charge is 0.220 e. The normalized spacial score (nSPS) is 21.1. The molecule has 1 rings (SSSR count). The number of Topliss-reactive ketones (excluding diaryl/α,β-unsaturated/α-hetero) is 1. The molecule has 0 aromatic rings. The molecule has 66 valence electrons. The maximum atomic E-state index is 11.2. The van der Waals surface area contributed by atoms with E-state index in [9.17, 15) is 9.59 Å². The monoisotopic (exact) mass is 167 g/mol. The van der Waals surface area contributed by atoms with Gasteiger partial charge in [0.25, 0.3) is 0 Å². The van der Waals surface area contributed by atoms with Crippen LogP contribution in [0.5, 0.6) is 0 Å². The minimum atomic E-state index is -0.124. The van der Waals surface area contributed by atoms with E-state index >= 15 is 0 Å². The molecule has 0 aromatic carbocycles.